The summed E-state index contributed by atoms with van der Waals surface area (Å²) in [6, 6.07) is 13.2. The summed E-state index contributed by atoms with van der Waals surface area (Å²) in [5, 5.41) is 11.7. The van der Waals surface area contributed by atoms with E-state index in [-0.39, 0.29) is 0 Å². The van der Waals surface area contributed by atoms with E-state index in [1.807, 2.05) is 18.2 Å². The normalized spacial score (nSPS) is 16.4. The van der Waals surface area contributed by atoms with E-state index < -0.39 is 6.10 Å². The van der Waals surface area contributed by atoms with Gasteiger partial charge >= 0.3 is 0 Å². The Hall–Kier alpha value is -1.02. The van der Waals surface area contributed by atoms with Crippen molar-refractivity contribution in [1.29, 1.82) is 0 Å². The second kappa shape index (κ2) is 5.16. The Kier molecular flexibility index (Phi) is 3.53. The van der Waals surface area contributed by atoms with E-state index in [2.05, 4.69) is 6.07 Å². The molecule has 1 aliphatic carbocycles. The van der Waals surface area contributed by atoms with Crippen LogP contribution in [0.5, 0.6) is 0 Å². The second-order valence-corrected chi connectivity index (χ2v) is 5.82. The molecule has 0 radical (unpaired) electrons. The Morgan fingerprint density at radius 1 is 1.00 bits per heavy atom. The lowest BCUT2D eigenvalue weighted by atomic mass is 9.94. The minimum absolute atomic E-state index is 0.544. The summed E-state index contributed by atoms with van der Waals surface area (Å²) in [6.45, 7) is 0. The molecule has 3 rings (SSSR count). The number of hydrogen-bond acceptors (Lipinski definition) is 1. The molecule has 19 heavy (non-hydrogen) atoms. The largest absolute Gasteiger partial charge is 0.384 e. The van der Waals surface area contributed by atoms with E-state index in [0.717, 1.165) is 5.56 Å². The molecular formula is C16H14Cl2O. The van der Waals surface area contributed by atoms with Crippen LogP contribution in [-0.2, 0) is 0 Å². The summed E-state index contributed by atoms with van der Waals surface area (Å²) in [4.78, 5) is 0. The molecule has 2 aromatic rings. The fraction of sp³-hybridized carbons (Fsp3) is 0.250. The molecular weight excluding hydrogens is 279 g/mol. The SMILES string of the molecule is OC(c1cc(Cl)ccc1Cl)c1ccccc1C1CC1. The summed E-state index contributed by atoms with van der Waals surface area (Å²) in [5.74, 6) is 0.587. The van der Waals surface area contributed by atoms with Crippen LogP contribution in [0.25, 0.3) is 0 Å². The molecule has 0 aromatic heterocycles. The average molecular weight is 293 g/mol. The first kappa shape index (κ1) is 13.0. The Labute approximate surface area is 122 Å². The third kappa shape index (κ3) is 2.64. The van der Waals surface area contributed by atoms with Crippen LogP contribution in [0.2, 0.25) is 10.0 Å². The van der Waals surface area contributed by atoms with E-state index in [1.54, 1.807) is 18.2 Å². The van der Waals surface area contributed by atoms with E-state index in [0.29, 0.717) is 21.5 Å². The van der Waals surface area contributed by atoms with Crippen LogP contribution in [0.1, 0.15) is 41.6 Å². The van der Waals surface area contributed by atoms with Gasteiger partial charge in [-0.15, -0.1) is 0 Å². The lowest BCUT2D eigenvalue weighted by Gasteiger charge is -2.17. The minimum Gasteiger partial charge on any atom is -0.384 e. The summed E-state index contributed by atoms with van der Waals surface area (Å²) < 4.78 is 0. The van der Waals surface area contributed by atoms with Gasteiger partial charge in [0.1, 0.15) is 6.10 Å². The molecule has 0 spiro atoms. The molecule has 1 nitrogen and oxygen atoms in total. The maximum atomic E-state index is 10.6. The number of benzene rings is 2. The summed E-state index contributed by atoms with van der Waals surface area (Å²) >= 11 is 12.2. The van der Waals surface area contributed by atoms with Gasteiger partial charge in [-0.05, 0) is 48.1 Å². The van der Waals surface area contributed by atoms with Crippen LogP contribution >= 0.6 is 23.2 Å². The lowest BCUT2D eigenvalue weighted by molar-refractivity contribution is 0.219. The number of rotatable bonds is 3. The van der Waals surface area contributed by atoms with Gasteiger partial charge in [0.05, 0.1) is 0 Å². The zero-order valence-corrected chi connectivity index (χ0v) is 11.8. The van der Waals surface area contributed by atoms with Crippen molar-refractivity contribution >= 4 is 23.2 Å². The molecule has 1 saturated carbocycles. The predicted molar refractivity (Wildman–Crippen MR) is 78.9 cm³/mol. The minimum atomic E-state index is -0.719. The molecule has 1 unspecified atom stereocenters. The van der Waals surface area contributed by atoms with E-state index in [1.165, 1.54) is 18.4 Å². The molecule has 0 aliphatic heterocycles. The van der Waals surface area contributed by atoms with Gasteiger partial charge in [-0.25, -0.2) is 0 Å². The summed E-state index contributed by atoms with van der Waals surface area (Å²) in [7, 11) is 0. The number of hydrogen-bond donors (Lipinski definition) is 1. The summed E-state index contributed by atoms with van der Waals surface area (Å²) in [5.41, 5.74) is 2.84. The zero-order chi connectivity index (χ0) is 13.4. The quantitative estimate of drug-likeness (QED) is 0.848. The highest BCUT2D eigenvalue weighted by molar-refractivity contribution is 6.33. The van der Waals surface area contributed by atoms with Crippen molar-refractivity contribution in [2.45, 2.75) is 24.9 Å². The van der Waals surface area contributed by atoms with Crippen LogP contribution in [0.15, 0.2) is 42.5 Å². The standard InChI is InChI=1S/C16H14Cl2O/c17-11-7-8-15(18)14(9-11)16(19)13-4-2-1-3-12(13)10-5-6-10/h1-4,7-10,16,19H,5-6H2. The van der Waals surface area contributed by atoms with Crippen molar-refractivity contribution in [1.82, 2.24) is 0 Å². The van der Waals surface area contributed by atoms with Gasteiger partial charge in [-0.3, -0.25) is 0 Å². The van der Waals surface area contributed by atoms with Gasteiger partial charge in [0, 0.05) is 15.6 Å². The van der Waals surface area contributed by atoms with Crippen LogP contribution in [0.4, 0.5) is 0 Å². The third-order valence-electron chi connectivity index (χ3n) is 3.56. The molecule has 0 saturated heterocycles. The Balaban J connectivity index is 2.04. The van der Waals surface area contributed by atoms with Crippen molar-refractivity contribution in [2.75, 3.05) is 0 Å². The van der Waals surface area contributed by atoms with Crippen LogP contribution < -0.4 is 0 Å². The van der Waals surface area contributed by atoms with Crippen LogP contribution in [0.3, 0.4) is 0 Å². The highest BCUT2D eigenvalue weighted by Crippen LogP contribution is 2.44. The maximum absolute atomic E-state index is 10.6. The average Bonchev–Trinajstić information content (AvgIpc) is 3.25. The van der Waals surface area contributed by atoms with Crippen molar-refractivity contribution in [3.63, 3.8) is 0 Å². The second-order valence-electron chi connectivity index (χ2n) is 4.97. The molecule has 98 valence electrons. The van der Waals surface area contributed by atoms with Gasteiger partial charge < -0.3 is 5.11 Å². The molecule has 2 aromatic carbocycles. The van der Waals surface area contributed by atoms with E-state index in [9.17, 15) is 5.11 Å². The molecule has 1 aliphatic rings. The first-order chi connectivity index (χ1) is 9.16. The molecule has 1 N–H and O–H groups in total. The van der Waals surface area contributed by atoms with Gasteiger partial charge in [-0.1, -0.05) is 47.5 Å². The number of halogens is 2. The van der Waals surface area contributed by atoms with Gasteiger partial charge in [0.25, 0.3) is 0 Å². The topological polar surface area (TPSA) is 20.2 Å². The van der Waals surface area contributed by atoms with Crippen molar-refractivity contribution in [3.05, 3.63) is 69.2 Å². The molecule has 0 amide bonds. The summed E-state index contributed by atoms with van der Waals surface area (Å²) in [6.07, 6.45) is 1.68. The lowest BCUT2D eigenvalue weighted by Crippen LogP contribution is -2.04. The zero-order valence-electron chi connectivity index (χ0n) is 10.3. The third-order valence-corrected chi connectivity index (χ3v) is 4.14. The Morgan fingerprint density at radius 2 is 1.74 bits per heavy atom. The van der Waals surface area contributed by atoms with E-state index in [4.69, 9.17) is 23.2 Å². The molecule has 3 heteroatoms. The van der Waals surface area contributed by atoms with Crippen molar-refractivity contribution in [3.8, 4) is 0 Å². The Bertz CT molecular complexity index is 605. The Morgan fingerprint density at radius 3 is 2.47 bits per heavy atom. The fourth-order valence-electron chi connectivity index (χ4n) is 2.42. The van der Waals surface area contributed by atoms with Crippen molar-refractivity contribution in [2.24, 2.45) is 0 Å². The van der Waals surface area contributed by atoms with Gasteiger partial charge in [0.15, 0.2) is 0 Å². The molecule has 1 fully saturated rings. The molecule has 1 atom stereocenters. The maximum Gasteiger partial charge on any atom is 0.106 e. The van der Waals surface area contributed by atoms with Gasteiger partial charge in [0.2, 0.25) is 0 Å². The smallest absolute Gasteiger partial charge is 0.106 e. The van der Waals surface area contributed by atoms with Crippen molar-refractivity contribution < 1.29 is 5.11 Å². The van der Waals surface area contributed by atoms with Crippen LogP contribution in [0, 0.1) is 0 Å². The highest BCUT2D eigenvalue weighted by Gasteiger charge is 2.28. The van der Waals surface area contributed by atoms with E-state index >= 15 is 0 Å². The number of aliphatic hydroxyl groups is 1. The molecule has 0 heterocycles. The van der Waals surface area contributed by atoms with Crippen LogP contribution in [-0.4, -0.2) is 5.11 Å². The molecule has 0 bridgehead atoms. The predicted octanol–water partition coefficient (Wildman–Crippen LogP) is 4.95. The fourth-order valence-corrected chi connectivity index (χ4v) is 2.82. The number of aliphatic hydroxyl groups excluding tert-OH is 1. The van der Waals surface area contributed by atoms with Gasteiger partial charge in [-0.2, -0.15) is 0 Å². The monoisotopic (exact) mass is 292 g/mol. The first-order valence-corrected chi connectivity index (χ1v) is 7.14. The first-order valence-electron chi connectivity index (χ1n) is 6.38. The highest BCUT2D eigenvalue weighted by atomic mass is 35.5.